The van der Waals surface area contributed by atoms with E-state index < -0.39 is 7.60 Å². The first-order valence-electron chi connectivity index (χ1n) is 15.1. The van der Waals surface area contributed by atoms with Gasteiger partial charge in [0, 0.05) is 45.3 Å². The summed E-state index contributed by atoms with van der Waals surface area (Å²) in [5, 5.41) is 10.8. The lowest BCUT2D eigenvalue weighted by atomic mass is 9.82. The quantitative estimate of drug-likeness (QED) is 0.143. The second-order valence-electron chi connectivity index (χ2n) is 11.6. The number of nitrogens with two attached hydrogens (primary N) is 1. The summed E-state index contributed by atoms with van der Waals surface area (Å²) in [4.78, 5) is 35.6. The molecule has 0 atom stereocenters. The third kappa shape index (κ3) is 11.1. The maximum atomic E-state index is 11.1. The number of hydrogen-bond donors (Lipinski definition) is 6. The molecule has 12 nitrogen and oxygen atoms in total. The van der Waals surface area contributed by atoms with E-state index in [0.717, 1.165) is 38.1 Å². The summed E-state index contributed by atoms with van der Waals surface area (Å²) in [6, 6.07) is 0.758. The Balaban J connectivity index is 1.09. The van der Waals surface area contributed by atoms with E-state index in [4.69, 9.17) is 15.5 Å². The van der Waals surface area contributed by atoms with Crippen LogP contribution in [0.25, 0.3) is 0 Å². The minimum atomic E-state index is -3.97. The summed E-state index contributed by atoms with van der Waals surface area (Å²) in [5.41, 5.74) is 5.99. The number of nitrogens with zero attached hydrogens (tertiary/aromatic N) is 5. The number of aromatic nitrogens is 3. The highest BCUT2D eigenvalue weighted by atomic mass is 31.2. The zero-order valence-corrected chi connectivity index (χ0v) is 24.3. The van der Waals surface area contributed by atoms with Crippen LogP contribution < -0.4 is 26.6 Å². The van der Waals surface area contributed by atoms with Crippen LogP contribution in [0.15, 0.2) is 0 Å². The van der Waals surface area contributed by atoms with Crippen LogP contribution in [0.2, 0.25) is 0 Å². The normalized spacial score (nSPS) is 23.7. The van der Waals surface area contributed by atoms with Crippen LogP contribution in [0, 0.1) is 11.8 Å². The lowest BCUT2D eigenvalue weighted by molar-refractivity contribution is 0.263. The second kappa shape index (κ2) is 15.4. The molecule has 1 saturated heterocycles. The predicted molar refractivity (Wildman–Crippen MR) is 156 cm³/mol. The van der Waals surface area contributed by atoms with Crippen molar-refractivity contribution in [2.45, 2.75) is 70.3 Å². The van der Waals surface area contributed by atoms with Gasteiger partial charge in [0.2, 0.25) is 17.8 Å². The molecule has 0 amide bonds. The van der Waals surface area contributed by atoms with E-state index in [2.05, 4.69) is 40.7 Å². The molecule has 39 heavy (non-hydrogen) atoms. The lowest BCUT2D eigenvalue weighted by Crippen LogP contribution is -2.47. The molecule has 0 radical (unpaired) electrons. The van der Waals surface area contributed by atoms with Crippen LogP contribution >= 0.6 is 7.60 Å². The Morgan fingerprint density at radius 1 is 0.872 bits per heavy atom. The Hall–Kier alpha value is -1.56. The Kier molecular flexibility index (Phi) is 12.0. The molecule has 0 spiro atoms. The summed E-state index contributed by atoms with van der Waals surface area (Å²) >= 11 is 0. The van der Waals surface area contributed by atoms with Gasteiger partial charge in [0.1, 0.15) is 0 Å². The summed E-state index contributed by atoms with van der Waals surface area (Å²) in [6.07, 6.45) is 13.0. The van der Waals surface area contributed by atoms with Gasteiger partial charge in [0.05, 0.1) is 6.16 Å². The van der Waals surface area contributed by atoms with Gasteiger partial charge in [-0.2, -0.15) is 15.0 Å². The molecule has 7 N–H and O–H groups in total. The first kappa shape index (κ1) is 30.4. The highest BCUT2D eigenvalue weighted by molar-refractivity contribution is 7.51. The predicted octanol–water partition coefficient (Wildman–Crippen LogP) is 1.87. The summed E-state index contributed by atoms with van der Waals surface area (Å²) in [7, 11) is -3.97. The molecule has 3 fully saturated rings. The molecule has 2 heterocycles. The zero-order chi connectivity index (χ0) is 27.5. The van der Waals surface area contributed by atoms with Crippen molar-refractivity contribution in [3.63, 3.8) is 0 Å². The summed E-state index contributed by atoms with van der Waals surface area (Å²) in [6.45, 7) is 7.35. The number of nitrogens with one attached hydrogen (secondary N) is 3. The minimum absolute atomic E-state index is 0.115. The van der Waals surface area contributed by atoms with Crippen LogP contribution in [0.5, 0.6) is 0 Å². The van der Waals surface area contributed by atoms with Crippen molar-refractivity contribution in [1.82, 2.24) is 30.5 Å². The standard InChI is InChI=1S/C26H50N9O3P/c27-24-31-25(33-26(32-24)35-15-13-34(14-16-35)17-18-39(36,37)38)30-20-22-9-7-21(8-10-22)19-28-11-4-12-29-23-5-2-1-3-6-23/h21-23,28-29H,1-20H2,(H2,36,37,38)(H3,27,30,31,32,33). The number of hydrogen-bond acceptors (Lipinski definition) is 10. The molecule has 4 rings (SSSR count). The molecule has 2 aliphatic carbocycles. The fourth-order valence-electron chi connectivity index (χ4n) is 6.05. The molecule has 13 heteroatoms. The maximum Gasteiger partial charge on any atom is 0.326 e. The molecular weight excluding hydrogens is 517 g/mol. The molecule has 1 aromatic rings. The van der Waals surface area contributed by atoms with Crippen molar-refractivity contribution in [2.24, 2.45) is 11.8 Å². The van der Waals surface area contributed by atoms with Crippen LogP contribution in [0.4, 0.5) is 17.8 Å². The van der Waals surface area contributed by atoms with Crippen LogP contribution in [-0.2, 0) is 4.57 Å². The van der Waals surface area contributed by atoms with Crippen LogP contribution in [0.3, 0.4) is 0 Å². The SMILES string of the molecule is Nc1nc(NCC2CCC(CNCCCNC3CCCCC3)CC2)nc(N2CCN(CCP(=O)(O)O)CC2)n1. The average molecular weight is 568 g/mol. The molecular formula is C26H50N9O3P. The number of anilines is 3. The molecule has 2 saturated carbocycles. The van der Waals surface area contributed by atoms with Crippen molar-refractivity contribution in [3.8, 4) is 0 Å². The van der Waals surface area contributed by atoms with Crippen LogP contribution in [0.1, 0.15) is 64.2 Å². The summed E-state index contributed by atoms with van der Waals surface area (Å²) < 4.78 is 11.1. The largest absolute Gasteiger partial charge is 0.368 e. The van der Waals surface area contributed by atoms with Gasteiger partial charge < -0.3 is 36.4 Å². The Labute approximate surface area is 233 Å². The highest BCUT2D eigenvalue weighted by Crippen LogP contribution is 2.34. The van der Waals surface area contributed by atoms with E-state index in [1.165, 1.54) is 64.2 Å². The molecule has 3 aliphatic rings. The highest BCUT2D eigenvalue weighted by Gasteiger charge is 2.24. The van der Waals surface area contributed by atoms with Gasteiger partial charge in [-0.05, 0) is 76.4 Å². The third-order valence-electron chi connectivity index (χ3n) is 8.52. The fraction of sp³-hybridized carbons (Fsp3) is 0.885. The first-order chi connectivity index (χ1) is 18.8. The van der Waals surface area contributed by atoms with Crippen LogP contribution in [-0.4, -0.2) is 101 Å². The van der Waals surface area contributed by atoms with E-state index in [1.807, 2.05) is 0 Å². The molecule has 0 aromatic carbocycles. The van der Waals surface area contributed by atoms with Crippen molar-refractivity contribution >= 4 is 25.4 Å². The van der Waals surface area contributed by atoms with E-state index in [9.17, 15) is 4.57 Å². The van der Waals surface area contributed by atoms with Crippen molar-refractivity contribution in [2.75, 3.05) is 81.0 Å². The van der Waals surface area contributed by atoms with E-state index in [0.29, 0.717) is 50.5 Å². The van der Waals surface area contributed by atoms with E-state index in [-0.39, 0.29) is 12.1 Å². The Bertz CT molecular complexity index is 899. The van der Waals surface area contributed by atoms with Crippen molar-refractivity contribution in [3.05, 3.63) is 0 Å². The lowest BCUT2D eigenvalue weighted by Gasteiger charge is -2.34. The van der Waals surface area contributed by atoms with Gasteiger partial charge >= 0.3 is 7.60 Å². The Morgan fingerprint density at radius 2 is 1.56 bits per heavy atom. The van der Waals surface area contributed by atoms with E-state index in [1.54, 1.807) is 0 Å². The smallest absolute Gasteiger partial charge is 0.326 e. The number of piperazine rings is 1. The van der Waals surface area contributed by atoms with Gasteiger partial charge in [-0.15, -0.1) is 0 Å². The first-order valence-corrected chi connectivity index (χ1v) is 16.9. The van der Waals surface area contributed by atoms with Gasteiger partial charge in [-0.1, -0.05) is 19.3 Å². The van der Waals surface area contributed by atoms with Gasteiger partial charge in [0.15, 0.2) is 0 Å². The fourth-order valence-corrected chi connectivity index (χ4v) is 6.60. The molecule has 1 aliphatic heterocycles. The number of nitrogen functional groups attached to an aromatic ring is 1. The van der Waals surface area contributed by atoms with Crippen molar-refractivity contribution < 1.29 is 14.4 Å². The molecule has 222 valence electrons. The second-order valence-corrected chi connectivity index (χ2v) is 13.4. The van der Waals surface area contributed by atoms with Gasteiger partial charge in [-0.3, -0.25) is 9.46 Å². The van der Waals surface area contributed by atoms with Gasteiger partial charge in [0.25, 0.3) is 0 Å². The molecule has 1 aromatic heterocycles. The van der Waals surface area contributed by atoms with E-state index >= 15 is 0 Å². The average Bonchev–Trinajstić information content (AvgIpc) is 2.93. The summed E-state index contributed by atoms with van der Waals surface area (Å²) in [5.74, 6) is 2.66. The number of rotatable bonds is 14. The van der Waals surface area contributed by atoms with Crippen molar-refractivity contribution in [1.29, 1.82) is 0 Å². The Morgan fingerprint density at radius 3 is 2.26 bits per heavy atom. The molecule has 0 unspecified atom stereocenters. The monoisotopic (exact) mass is 567 g/mol. The van der Waals surface area contributed by atoms with Gasteiger partial charge in [-0.25, -0.2) is 0 Å². The maximum absolute atomic E-state index is 11.1. The minimum Gasteiger partial charge on any atom is -0.368 e. The molecule has 0 bridgehead atoms. The zero-order valence-electron chi connectivity index (χ0n) is 23.4. The topological polar surface area (TPSA) is 165 Å². The third-order valence-corrected chi connectivity index (χ3v) is 9.30.